The minimum Gasteiger partial charge on any atom is -0.344 e. The summed E-state index contributed by atoms with van der Waals surface area (Å²) in [5.74, 6) is -1.70. The minimum absolute atomic E-state index is 0.104. The number of carbonyl (C=O) groups is 5. The fraction of sp³-hybridized carbons (Fsp3) is 0.667. The Balaban J connectivity index is 1.77. The maximum absolute atomic E-state index is 13.0. The normalized spacial score (nSPS) is 17.3. The molecule has 1 aromatic carbocycles. The summed E-state index contributed by atoms with van der Waals surface area (Å²) in [6.45, 7) is 18.1. The summed E-state index contributed by atoms with van der Waals surface area (Å²) in [6, 6.07) is 6.12. The first-order chi connectivity index (χ1) is 19.4. The highest BCUT2D eigenvalue weighted by atomic mass is 16.2. The van der Waals surface area contributed by atoms with Crippen molar-refractivity contribution in [2.24, 2.45) is 22.7 Å². The molecule has 3 N–H and O–H groups in total. The van der Waals surface area contributed by atoms with Crippen molar-refractivity contribution in [1.29, 1.82) is 0 Å². The zero-order valence-corrected chi connectivity index (χ0v) is 27.1. The smallest absolute Gasteiger partial charge is 0.246 e. The number of benzene rings is 1. The number of amides is 5. The number of nitrogens with one attached hydrogen (secondary N) is 3. The van der Waals surface area contributed by atoms with Gasteiger partial charge in [-0.2, -0.15) is 0 Å². The Morgan fingerprint density at radius 3 is 2.02 bits per heavy atom. The lowest BCUT2D eigenvalue weighted by molar-refractivity contribution is -0.140. The van der Waals surface area contributed by atoms with Crippen LogP contribution < -0.4 is 16.0 Å². The lowest BCUT2D eigenvalue weighted by Crippen LogP contribution is -2.53. The molecule has 0 saturated carbocycles. The largest absolute Gasteiger partial charge is 0.344 e. The molecule has 0 aromatic heterocycles. The van der Waals surface area contributed by atoms with Crippen LogP contribution in [-0.4, -0.2) is 53.1 Å². The third kappa shape index (κ3) is 10.9. The molecule has 9 heteroatoms. The van der Waals surface area contributed by atoms with Crippen molar-refractivity contribution in [2.75, 3.05) is 11.9 Å². The minimum atomic E-state index is -0.793. The van der Waals surface area contributed by atoms with Crippen LogP contribution in [-0.2, 0) is 30.4 Å². The van der Waals surface area contributed by atoms with Crippen LogP contribution in [0.1, 0.15) is 100.0 Å². The standard InChI is InChI=1S/C33H52N4O5/c1-21(2)28(30(41)34-22(3)29(40)35-24-16-14-23(15-17-24)20-32(4,5)6)36-26(38)13-11-10-12-18-37-27(39)19-25(31(37)42)33(7,8)9/h14-17,21-22,25,28H,10-13,18-20H2,1-9H3,(H,34,41)(H,35,40)(H,36,38)/t22-,25?,28-/m0/s1. The maximum atomic E-state index is 13.0. The van der Waals surface area contributed by atoms with Crippen LogP contribution in [0.4, 0.5) is 5.69 Å². The van der Waals surface area contributed by atoms with E-state index in [2.05, 4.69) is 36.7 Å². The van der Waals surface area contributed by atoms with Gasteiger partial charge in [0.1, 0.15) is 12.1 Å². The van der Waals surface area contributed by atoms with E-state index in [-0.39, 0.29) is 59.1 Å². The maximum Gasteiger partial charge on any atom is 0.246 e. The van der Waals surface area contributed by atoms with Gasteiger partial charge in [-0.25, -0.2) is 0 Å². The van der Waals surface area contributed by atoms with Crippen molar-refractivity contribution in [1.82, 2.24) is 15.5 Å². The van der Waals surface area contributed by atoms with Crippen molar-refractivity contribution in [3.63, 3.8) is 0 Å². The summed E-state index contributed by atoms with van der Waals surface area (Å²) >= 11 is 0. The van der Waals surface area contributed by atoms with E-state index >= 15 is 0 Å². The molecule has 5 amide bonds. The average molecular weight is 585 g/mol. The number of anilines is 1. The van der Waals surface area contributed by atoms with Gasteiger partial charge in [0.25, 0.3) is 0 Å². The number of imide groups is 1. The van der Waals surface area contributed by atoms with Crippen LogP contribution in [0.15, 0.2) is 24.3 Å². The van der Waals surface area contributed by atoms with E-state index in [0.717, 1.165) is 6.42 Å². The van der Waals surface area contributed by atoms with Gasteiger partial charge in [-0.05, 0) is 60.6 Å². The Hall–Kier alpha value is -3.23. The molecule has 1 aromatic rings. The molecule has 1 aliphatic heterocycles. The molecular weight excluding hydrogens is 532 g/mol. The number of unbranched alkanes of at least 4 members (excludes halogenated alkanes) is 2. The van der Waals surface area contributed by atoms with Gasteiger partial charge in [0.15, 0.2) is 0 Å². The number of hydrogen-bond acceptors (Lipinski definition) is 5. The second-order valence-electron chi connectivity index (χ2n) is 14.3. The molecule has 1 heterocycles. The molecule has 3 atom stereocenters. The van der Waals surface area contributed by atoms with Gasteiger partial charge in [0, 0.05) is 25.1 Å². The molecule has 1 unspecified atom stereocenters. The summed E-state index contributed by atoms with van der Waals surface area (Å²) in [7, 11) is 0. The van der Waals surface area contributed by atoms with Crippen LogP contribution in [0.2, 0.25) is 0 Å². The molecule has 0 aliphatic carbocycles. The second kappa shape index (κ2) is 14.8. The van der Waals surface area contributed by atoms with Gasteiger partial charge in [-0.3, -0.25) is 28.9 Å². The molecule has 0 bridgehead atoms. The van der Waals surface area contributed by atoms with Crippen molar-refractivity contribution < 1.29 is 24.0 Å². The van der Waals surface area contributed by atoms with E-state index in [1.807, 2.05) is 58.9 Å². The summed E-state index contributed by atoms with van der Waals surface area (Å²) < 4.78 is 0. The highest BCUT2D eigenvalue weighted by molar-refractivity contribution is 6.04. The topological polar surface area (TPSA) is 125 Å². The van der Waals surface area contributed by atoms with E-state index < -0.39 is 18.0 Å². The van der Waals surface area contributed by atoms with Crippen LogP contribution in [0.3, 0.4) is 0 Å². The lowest BCUT2D eigenvalue weighted by atomic mass is 9.80. The highest BCUT2D eigenvalue weighted by Gasteiger charge is 2.44. The Bertz CT molecular complexity index is 1110. The summed E-state index contributed by atoms with van der Waals surface area (Å²) in [5, 5.41) is 8.36. The first kappa shape index (κ1) is 35.0. The van der Waals surface area contributed by atoms with Gasteiger partial charge < -0.3 is 16.0 Å². The molecule has 0 radical (unpaired) electrons. The lowest BCUT2D eigenvalue weighted by Gasteiger charge is -2.25. The SMILES string of the molecule is CC(C)[C@H](NC(=O)CCCCCN1C(=O)CC(C(C)(C)C)C1=O)C(=O)N[C@@H](C)C(=O)Nc1ccc(CC(C)(C)C)cc1. The summed E-state index contributed by atoms with van der Waals surface area (Å²) in [6.07, 6.45) is 3.29. The van der Waals surface area contributed by atoms with Crippen LogP contribution >= 0.6 is 0 Å². The predicted octanol–water partition coefficient (Wildman–Crippen LogP) is 4.84. The fourth-order valence-electron chi connectivity index (χ4n) is 5.04. The number of rotatable bonds is 13. The number of carbonyl (C=O) groups excluding carboxylic acids is 5. The molecule has 1 aliphatic rings. The predicted molar refractivity (Wildman–Crippen MR) is 165 cm³/mol. The van der Waals surface area contributed by atoms with Gasteiger partial charge in [-0.15, -0.1) is 0 Å². The fourth-order valence-corrected chi connectivity index (χ4v) is 5.04. The van der Waals surface area contributed by atoms with Gasteiger partial charge >= 0.3 is 0 Å². The molecule has 2 rings (SSSR count). The molecule has 9 nitrogen and oxygen atoms in total. The first-order valence-corrected chi connectivity index (χ1v) is 15.2. The molecule has 1 saturated heterocycles. The first-order valence-electron chi connectivity index (χ1n) is 15.2. The van der Waals surface area contributed by atoms with Crippen molar-refractivity contribution >= 4 is 35.2 Å². The van der Waals surface area contributed by atoms with E-state index in [9.17, 15) is 24.0 Å². The third-order valence-electron chi connectivity index (χ3n) is 7.55. The van der Waals surface area contributed by atoms with Gasteiger partial charge in [0.05, 0.1) is 5.92 Å². The van der Waals surface area contributed by atoms with Crippen LogP contribution in [0, 0.1) is 22.7 Å². The molecule has 1 fully saturated rings. The Kier molecular flexibility index (Phi) is 12.3. The van der Waals surface area contributed by atoms with Gasteiger partial charge in [-0.1, -0.05) is 73.9 Å². The average Bonchev–Trinajstić information content (AvgIpc) is 3.15. The van der Waals surface area contributed by atoms with Crippen LogP contribution in [0.5, 0.6) is 0 Å². The van der Waals surface area contributed by atoms with E-state index in [1.54, 1.807) is 6.92 Å². The highest BCUT2D eigenvalue weighted by Crippen LogP contribution is 2.35. The zero-order valence-electron chi connectivity index (χ0n) is 27.1. The molecule has 234 valence electrons. The number of nitrogens with zero attached hydrogens (tertiary/aromatic N) is 1. The van der Waals surface area contributed by atoms with E-state index in [4.69, 9.17) is 0 Å². The Morgan fingerprint density at radius 1 is 0.881 bits per heavy atom. The number of hydrogen-bond donors (Lipinski definition) is 3. The van der Waals surface area contributed by atoms with Crippen molar-refractivity contribution in [3.8, 4) is 0 Å². The van der Waals surface area contributed by atoms with Crippen molar-refractivity contribution in [3.05, 3.63) is 29.8 Å². The second-order valence-corrected chi connectivity index (χ2v) is 14.3. The molecule has 0 spiro atoms. The molecule has 42 heavy (non-hydrogen) atoms. The third-order valence-corrected chi connectivity index (χ3v) is 7.55. The van der Waals surface area contributed by atoms with E-state index in [1.165, 1.54) is 10.5 Å². The zero-order chi connectivity index (χ0) is 31.8. The number of likely N-dealkylation sites (tertiary alicyclic amines) is 1. The Labute approximate surface area is 251 Å². The van der Waals surface area contributed by atoms with Gasteiger partial charge in [0.2, 0.25) is 29.5 Å². The summed E-state index contributed by atoms with van der Waals surface area (Å²) in [4.78, 5) is 64.6. The van der Waals surface area contributed by atoms with Crippen LogP contribution in [0.25, 0.3) is 0 Å². The summed E-state index contributed by atoms with van der Waals surface area (Å²) in [5.41, 5.74) is 1.75. The monoisotopic (exact) mass is 584 g/mol. The Morgan fingerprint density at radius 2 is 1.50 bits per heavy atom. The molecular formula is C33H52N4O5. The van der Waals surface area contributed by atoms with Crippen molar-refractivity contribution in [2.45, 2.75) is 113 Å². The quantitative estimate of drug-likeness (QED) is 0.226. The van der Waals surface area contributed by atoms with E-state index in [0.29, 0.717) is 31.5 Å².